The van der Waals surface area contributed by atoms with Crippen LogP contribution in [-0.4, -0.2) is 41.8 Å². The van der Waals surface area contributed by atoms with Gasteiger partial charge >= 0.3 is 0 Å². The predicted octanol–water partition coefficient (Wildman–Crippen LogP) is 0.180. The van der Waals surface area contributed by atoms with Gasteiger partial charge in [0.15, 0.2) is 0 Å². The summed E-state index contributed by atoms with van der Waals surface area (Å²) in [4.78, 5) is 2.36. The highest BCUT2D eigenvalue weighted by Crippen LogP contribution is 2.19. The molecule has 0 aromatic carbocycles. The van der Waals surface area contributed by atoms with Gasteiger partial charge in [0.05, 0.1) is 6.10 Å². The van der Waals surface area contributed by atoms with E-state index in [0.717, 1.165) is 13.1 Å². The Kier molecular flexibility index (Phi) is 3.98. The van der Waals surface area contributed by atoms with Crippen LogP contribution in [0, 0.1) is 0 Å². The van der Waals surface area contributed by atoms with Crippen LogP contribution < -0.4 is 5.73 Å². The molecule has 0 aromatic rings. The van der Waals surface area contributed by atoms with Crippen LogP contribution in [0.1, 0.15) is 26.2 Å². The fraction of sp³-hybridized carbons (Fsp3) is 1.00. The summed E-state index contributed by atoms with van der Waals surface area (Å²) < 4.78 is 0. The third kappa shape index (κ3) is 2.44. The molecule has 0 unspecified atom stereocenters. The summed E-state index contributed by atoms with van der Waals surface area (Å²) in [7, 11) is 0. The molecule has 0 spiro atoms. The van der Waals surface area contributed by atoms with E-state index in [9.17, 15) is 5.11 Å². The minimum atomic E-state index is -0.336. The molecule has 1 rings (SSSR count). The molecule has 0 aromatic heterocycles. The molecule has 0 saturated carbocycles. The van der Waals surface area contributed by atoms with E-state index in [2.05, 4.69) is 11.8 Å². The number of rotatable bonds is 4. The molecule has 2 atom stereocenters. The molecule has 1 saturated heterocycles. The van der Waals surface area contributed by atoms with Gasteiger partial charge in [-0.1, -0.05) is 6.92 Å². The number of likely N-dealkylation sites (tertiary alicyclic amines) is 1. The minimum absolute atomic E-state index is 0.336. The van der Waals surface area contributed by atoms with Gasteiger partial charge in [0.1, 0.15) is 0 Å². The average molecular weight is 172 g/mol. The van der Waals surface area contributed by atoms with Crippen molar-refractivity contribution in [3.63, 3.8) is 0 Å². The largest absolute Gasteiger partial charge is 0.390 e. The zero-order valence-electron chi connectivity index (χ0n) is 7.87. The van der Waals surface area contributed by atoms with Crippen molar-refractivity contribution in [1.29, 1.82) is 0 Å². The van der Waals surface area contributed by atoms with Gasteiger partial charge in [-0.25, -0.2) is 0 Å². The Morgan fingerprint density at radius 1 is 1.67 bits per heavy atom. The second-order valence-electron chi connectivity index (χ2n) is 3.59. The summed E-state index contributed by atoms with van der Waals surface area (Å²) in [6, 6.07) is 0.686. The Morgan fingerprint density at radius 2 is 2.42 bits per heavy atom. The lowest BCUT2D eigenvalue weighted by Gasteiger charge is -2.25. The van der Waals surface area contributed by atoms with Crippen LogP contribution >= 0.6 is 0 Å². The minimum Gasteiger partial charge on any atom is -0.390 e. The van der Waals surface area contributed by atoms with Gasteiger partial charge in [-0.05, 0) is 25.8 Å². The normalized spacial score (nSPS) is 27.8. The van der Waals surface area contributed by atoms with Crippen LogP contribution in [0.3, 0.4) is 0 Å². The van der Waals surface area contributed by atoms with Crippen molar-refractivity contribution in [3.8, 4) is 0 Å². The van der Waals surface area contributed by atoms with Crippen LogP contribution in [0.25, 0.3) is 0 Å². The highest BCUT2D eigenvalue weighted by Gasteiger charge is 2.23. The van der Waals surface area contributed by atoms with Crippen LogP contribution in [0.2, 0.25) is 0 Å². The van der Waals surface area contributed by atoms with Gasteiger partial charge < -0.3 is 10.8 Å². The molecule has 0 aliphatic carbocycles. The highest BCUT2D eigenvalue weighted by molar-refractivity contribution is 4.79. The number of aliphatic hydroxyl groups excluding tert-OH is 1. The molecule has 3 heteroatoms. The smallest absolute Gasteiger partial charge is 0.0789 e. The maximum absolute atomic E-state index is 9.36. The fourth-order valence-corrected chi connectivity index (χ4v) is 1.94. The standard InChI is InChI=1S/C9H20N2O/c1-2-8-4-3-5-11(8)7-9(12)6-10/h8-9,12H,2-7,10H2,1H3/t8-,9+/m1/s1. The fourth-order valence-electron chi connectivity index (χ4n) is 1.94. The summed E-state index contributed by atoms with van der Waals surface area (Å²) in [6.07, 6.45) is 3.41. The van der Waals surface area contributed by atoms with Crippen molar-refractivity contribution in [3.05, 3.63) is 0 Å². The molecule has 0 radical (unpaired) electrons. The van der Waals surface area contributed by atoms with E-state index in [-0.39, 0.29) is 6.10 Å². The topological polar surface area (TPSA) is 49.5 Å². The van der Waals surface area contributed by atoms with Gasteiger partial charge in [-0.2, -0.15) is 0 Å². The lowest BCUT2D eigenvalue weighted by atomic mass is 10.1. The van der Waals surface area contributed by atoms with Crippen LogP contribution in [-0.2, 0) is 0 Å². The van der Waals surface area contributed by atoms with Crippen LogP contribution in [0.15, 0.2) is 0 Å². The molecular formula is C9H20N2O. The van der Waals surface area contributed by atoms with Crippen molar-refractivity contribution in [2.24, 2.45) is 5.73 Å². The first-order valence-corrected chi connectivity index (χ1v) is 4.90. The Hall–Kier alpha value is -0.120. The summed E-state index contributed by atoms with van der Waals surface area (Å²) in [6.45, 7) is 4.48. The molecule has 0 bridgehead atoms. The number of aliphatic hydroxyl groups is 1. The first kappa shape index (κ1) is 9.96. The molecule has 1 aliphatic rings. The maximum Gasteiger partial charge on any atom is 0.0789 e. The number of nitrogens with zero attached hydrogens (tertiary/aromatic N) is 1. The Bertz CT molecular complexity index is 130. The molecule has 3 nitrogen and oxygen atoms in total. The zero-order valence-corrected chi connectivity index (χ0v) is 7.87. The van der Waals surface area contributed by atoms with E-state index in [1.54, 1.807) is 0 Å². The maximum atomic E-state index is 9.36. The third-order valence-electron chi connectivity index (χ3n) is 2.69. The van der Waals surface area contributed by atoms with Crippen molar-refractivity contribution >= 4 is 0 Å². The van der Waals surface area contributed by atoms with E-state index in [4.69, 9.17) is 5.73 Å². The van der Waals surface area contributed by atoms with E-state index >= 15 is 0 Å². The third-order valence-corrected chi connectivity index (χ3v) is 2.69. The zero-order chi connectivity index (χ0) is 8.97. The first-order valence-electron chi connectivity index (χ1n) is 4.90. The summed E-state index contributed by atoms with van der Waals surface area (Å²) in [5, 5.41) is 9.36. The Balaban J connectivity index is 2.30. The van der Waals surface area contributed by atoms with Gasteiger partial charge in [0, 0.05) is 19.1 Å². The van der Waals surface area contributed by atoms with Crippen LogP contribution in [0.4, 0.5) is 0 Å². The molecule has 1 fully saturated rings. The SMILES string of the molecule is CC[C@@H]1CCCN1C[C@@H](O)CN. The second-order valence-corrected chi connectivity index (χ2v) is 3.59. The Labute approximate surface area is 74.5 Å². The molecule has 1 heterocycles. The van der Waals surface area contributed by atoms with Crippen LogP contribution in [0.5, 0.6) is 0 Å². The lowest BCUT2D eigenvalue weighted by Crippen LogP contribution is -2.39. The van der Waals surface area contributed by atoms with Gasteiger partial charge in [0.2, 0.25) is 0 Å². The van der Waals surface area contributed by atoms with Crippen molar-refractivity contribution < 1.29 is 5.11 Å². The highest BCUT2D eigenvalue weighted by atomic mass is 16.3. The average Bonchev–Trinajstić information content (AvgIpc) is 2.51. The summed E-state index contributed by atoms with van der Waals surface area (Å²) >= 11 is 0. The number of nitrogens with two attached hydrogens (primary N) is 1. The number of β-amino-alcohol motifs (C(OH)–C–C–N with tert-alkyl or cyclic N) is 1. The van der Waals surface area contributed by atoms with Crippen molar-refractivity contribution in [2.45, 2.75) is 38.3 Å². The number of hydrogen-bond acceptors (Lipinski definition) is 3. The van der Waals surface area contributed by atoms with E-state index in [0.29, 0.717) is 12.6 Å². The molecule has 3 N–H and O–H groups in total. The monoisotopic (exact) mass is 172 g/mol. The predicted molar refractivity (Wildman–Crippen MR) is 49.9 cm³/mol. The van der Waals surface area contributed by atoms with E-state index in [1.165, 1.54) is 19.3 Å². The molecular weight excluding hydrogens is 152 g/mol. The quantitative estimate of drug-likeness (QED) is 0.636. The summed E-state index contributed by atoms with van der Waals surface area (Å²) in [5.74, 6) is 0. The summed E-state index contributed by atoms with van der Waals surface area (Å²) in [5.41, 5.74) is 5.36. The molecule has 12 heavy (non-hydrogen) atoms. The van der Waals surface area contributed by atoms with Gasteiger partial charge in [-0.15, -0.1) is 0 Å². The van der Waals surface area contributed by atoms with E-state index < -0.39 is 0 Å². The molecule has 72 valence electrons. The van der Waals surface area contributed by atoms with Crippen molar-refractivity contribution in [2.75, 3.05) is 19.6 Å². The van der Waals surface area contributed by atoms with E-state index in [1.807, 2.05) is 0 Å². The van der Waals surface area contributed by atoms with Crippen molar-refractivity contribution in [1.82, 2.24) is 4.90 Å². The second kappa shape index (κ2) is 4.80. The van der Waals surface area contributed by atoms with Gasteiger partial charge in [-0.3, -0.25) is 4.90 Å². The van der Waals surface area contributed by atoms with Gasteiger partial charge in [0.25, 0.3) is 0 Å². The first-order chi connectivity index (χ1) is 5.77. The molecule has 1 aliphatic heterocycles. The number of hydrogen-bond donors (Lipinski definition) is 2. The Morgan fingerprint density at radius 3 is 3.00 bits per heavy atom. The molecule has 0 amide bonds. The lowest BCUT2D eigenvalue weighted by molar-refractivity contribution is 0.110.